The van der Waals surface area contributed by atoms with Crippen molar-refractivity contribution in [1.82, 2.24) is 19.6 Å². The van der Waals surface area contributed by atoms with Gasteiger partial charge in [0.25, 0.3) is 23.6 Å². The van der Waals surface area contributed by atoms with Crippen LogP contribution >= 0.6 is 0 Å². The van der Waals surface area contributed by atoms with E-state index in [2.05, 4.69) is 0 Å². The highest BCUT2D eigenvalue weighted by Crippen LogP contribution is 2.26. The number of nitrogens with two attached hydrogens (primary N) is 4. The highest BCUT2D eigenvalue weighted by Gasteiger charge is 2.35. The molecule has 4 aromatic heterocycles. The molecule has 8 rings (SSSR count). The molecule has 0 saturated carbocycles. The first-order chi connectivity index (χ1) is 35.3. The van der Waals surface area contributed by atoms with Crippen molar-refractivity contribution in [1.29, 1.82) is 0 Å². The summed E-state index contributed by atoms with van der Waals surface area (Å²) in [5, 5.41) is 46.4. The van der Waals surface area contributed by atoms with Gasteiger partial charge in [-0.2, -0.15) is 18.9 Å². The second kappa shape index (κ2) is 24.2. The minimum atomic E-state index is -0.185. The van der Waals surface area contributed by atoms with Gasteiger partial charge in [0, 0.05) is 126 Å². The third kappa shape index (κ3) is 14.9. The normalized spacial score (nSPS) is 18.4. The predicted molar refractivity (Wildman–Crippen MR) is 290 cm³/mol. The van der Waals surface area contributed by atoms with Gasteiger partial charge >= 0.3 is 0 Å². The number of aryl methyl sites for hydroxylation is 4. The summed E-state index contributed by atoms with van der Waals surface area (Å²) >= 11 is 0. The average Bonchev–Trinajstić information content (AvgIpc) is 3.34. The molecule has 20 nitrogen and oxygen atoms in total. The Labute approximate surface area is 448 Å². The predicted octanol–water partition coefficient (Wildman–Crippen LogP) is 3.56. The quantitative estimate of drug-likeness (QED) is 0.169. The van der Waals surface area contributed by atoms with Gasteiger partial charge in [-0.05, 0) is 129 Å². The lowest BCUT2D eigenvalue weighted by Gasteiger charge is -2.36. The number of likely N-dealkylation sites (tertiary alicyclic amines) is 4. The third-order valence-corrected chi connectivity index (χ3v) is 15.8. The lowest BCUT2D eigenvalue weighted by atomic mass is 9.90. The Bertz CT molecular complexity index is 2380. The zero-order valence-electron chi connectivity index (χ0n) is 47.1. The van der Waals surface area contributed by atoms with E-state index in [-0.39, 0.29) is 45.8 Å². The summed E-state index contributed by atoms with van der Waals surface area (Å²) in [6.07, 6.45) is 12.1. The molecule has 0 aliphatic carbocycles. The van der Waals surface area contributed by atoms with E-state index in [1.165, 1.54) is 24.8 Å². The zero-order valence-corrected chi connectivity index (χ0v) is 47.1. The molecule has 0 spiro atoms. The van der Waals surface area contributed by atoms with E-state index in [0.717, 1.165) is 92.5 Å². The molecular weight excluding hydrogens is 969 g/mol. The van der Waals surface area contributed by atoms with E-state index in [1.54, 1.807) is 71.6 Å². The third-order valence-electron chi connectivity index (χ3n) is 15.8. The van der Waals surface area contributed by atoms with Gasteiger partial charge < -0.3 is 63.4 Å². The summed E-state index contributed by atoms with van der Waals surface area (Å²) in [6.45, 7) is 27.4. The monoisotopic (exact) mass is 1050 g/mol. The fourth-order valence-corrected chi connectivity index (χ4v) is 9.89. The van der Waals surface area contributed by atoms with Gasteiger partial charge in [-0.1, -0.05) is 0 Å². The molecular formula is C56H84N12O8. The highest BCUT2D eigenvalue weighted by molar-refractivity contribution is 5.98. The Morgan fingerprint density at radius 1 is 0.355 bits per heavy atom. The first-order valence-electron chi connectivity index (χ1n) is 26.4. The Hall–Kier alpha value is -6.48. The summed E-state index contributed by atoms with van der Waals surface area (Å²) < 4.78 is 2.99. The summed E-state index contributed by atoms with van der Waals surface area (Å²) in [7, 11) is 0. The van der Waals surface area contributed by atoms with Crippen LogP contribution in [0.3, 0.4) is 0 Å². The Kier molecular flexibility index (Phi) is 19.3. The smallest absolute Gasteiger partial charge is 0.260 e. The van der Waals surface area contributed by atoms with E-state index in [1.807, 2.05) is 55.4 Å². The number of carbonyl (C=O) groups is 4. The molecule has 76 heavy (non-hydrogen) atoms. The Morgan fingerprint density at radius 3 is 0.645 bits per heavy atom. The lowest BCUT2D eigenvalue weighted by Crippen LogP contribution is -2.50. The van der Waals surface area contributed by atoms with Gasteiger partial charge in [-0.25, -0.2) is 0 Å². The van der Waals surface area contributed by atoms with Gasteiger partial charge in [0.15, 0.2) is 24.8 Å². The minimum Gasteiger partial charge on any atom is -0.618 e. The van der Waals surface area contributed by atoms with E-state index < -0.39 is 0 Å². The SMILES string of the molecule is Cc1cc[n+]([O-])c(C)c1C(=O)N1CCC(C)(N)CC1.Cc1cc[n+]([O-])c(C)c1C(=O)N1CCC(C)(N)CC1.Cc1cc[n+]([O-])c(C)c1C(=O)N1CCC(C)(N)CC1.Cc1cc[n+]([O-])c(C)c1C(=O)N1CCC(C)(N)CC1. The number of piperidine rings is 4. The van der Waals surface area contributed by atoms with Crippen molar-refractivity contribution < 1.29 is 38.1 Å². The second-order valence-electron chi connectivity index (χ2n) is 22.9. The van der Waals surface area contributed by atoms with Crippen molar-refractivity contribution in [3.8, 4) is 0 Å². The molecule has 0 atom stereocenters. The zero-order chi connectivity index (χ0) is 56.8. The fraction of sp³-hybridized carbons (Fsp3) is 0.571. The van der Waals surface area contributed by atoms with Crippen molar-refractivity contribution in [2.45, 2.75) is 157 Å². The van der Waals surface area contributed by atoms with Gasteiger partial charge in [0.05, 0.1) is 0 Å². The maximum atomic E-state index is 12.5. The van der Waals surface area contributed by atoms with E-state index in [0.29, 0.717) is 97.4 Å². The number of aromatic nitrogens is 4. The van der Waals surface area contributed by atoms with Crippen molar-refractivity contribution in [3.05, 3.63) is 137 Å². The molecule has 4 aliphatic heterocycles. The molecule has 8 N–H and O–H groups in total. The van der Waals surface area contributed by atoms with Crippen LogP contribution < -0.4 is 41.9 Å². The molecule has 8 heterocycles. The maximum Gasteiger partial charge on any atom is 0.260 e. The molecule has 0 aromatic carbocycles. The van der Waals surface area contributed by atoms with Crippen LogP contribution in [0.5, 0.6) is 0 Å². The standard InChI is InChI=1S/4C14H21N3O2/c4*1-10-4-7-17(19)11(2)12(10)13(18)16-8-5-14(3,15)6-9-16/h4*4,7H,5-6,8-9,15H2,1-3H3. The van der Waals surface area contributed by atoms with Crippen LogP contribution in [0.4, 0.5) is 0 Å². The molecule has 4 amide bonds. The molecule has 20 heteroatoms. The summed E-state index contributed by atoms with van der Waals surface area (Å²) in [4.78, 5) is 57.3. The number of hydrogen-bond acceptors (Lipinski definition) is 12. The van der Waals surface area contributed by atoms with Crippen LogP contribution in [0.1, 0.15) is 166 Å². The summed E-state index contributed by atoms with van der Waals surface area (Å²) in [5.74, 6) is -0.238. The molecule has 4 saturated heterocycles. The molecule has 0 unspecified atom stereocenters. The van der Waals surface area contributed by atoms with Crippen molar-refractivity contribution in [2.75, 3.05) is 52.4 Å². The van der Waals surface area contributed by atoms with Gasteiger partial charge in [-0.3, -0.25) is 19.2 Å². The molecule has 4 aromatic rings. The number of rotatable bonds is 4. The molecule has 4 fully saturated rings. The van der Waals surface area contributed by atoms with Crippen LogP contribution in [0.15, 0.2) is 49.1 Å². The molecule has 4 aliphatic rings. The number of pyridine rings is 4. The van der Waals surface area contributed by atoms with Gasteiger partial charge in [0.1, 0.15) is 22.3 Å². The number of carbonyl (C=O) groups excluding carboxylic acids is 4. The van der Waals surface area contributed by atoms with Gasteiger partial charge in [-0.15, -0.1) is 0 Å². The van der Waals surface area contributed by atoms with E-state index >= 15 is 0 Å². The maximum absolute atomic E-state index is 12.5. The summed E-state index contributed by atoms with van der Waals surface area (Å²) in [6, 6.07) is 6.74. The van der Waals surface area contributed by atoms with Crippen LogP contribution in [0, 0.1) is 76.2 Å². The minimum absolute atomic E-state index is 0.0595. The van der Waals surface area contributed by atoms with Crippen LogP contribution in [-0.2, 0) is 0 Å². The Morgan fingerprint density at radius 2 is 0.500 bits per heavy atom. The molecule has 0 bridgehead atoms. The number of hydrogen-bond donors (Lipinski definition) is 4. The number of amides is 4. The van der Waals surface area contributed by atoms with Crippen LogP contribution in [-0.4, -0.2) is 118 Å². The first-order valence-corrected chi connectivity index (χ1v) is 26.4. The average molecular weight is 1050 g/mol. The molecule has 416 valence electrons. The van der Waals surface area contributed by atoms with Crippen molar-refractivity contribution >= 4 is 23.6 Å². The molecule has 0 radical (unpaired) electrons. The number of nitrogens with zero attached hydrogens (tertiary/aromatic N) is 8. The fourth-order valence-electron chi connectivity index (χ4n) is 9.89. The lowest BCUT2D eigenvalue weighted by molar-refractivity contribution is -0.612. The van der Waals surface area contributed by atoms with Crippen molar-refractivity contribution in [2.24, 2.45) is 22.9 Å². The van der Waals surface area contributed by atoms with E-state index in [4.69, 9.17) is 22.9 Å². The largest absolute Gasteiger partial charge is 0.618 e. The van der Waals surface area contributed by atoms with Crippen LogP contribution in [0.2, 0.25) is 0 Å². The highest BCUT2D eigenvalue weighted by atomic mass is 16.5. The summed E-state index contributed by atoms with van der Waals surface area (Å²) in [5.41, 5.74) is 30.9. The van der Waals surface area contributed by atoms with Crippen LogP contribution in [0.25, 0.3) is 0 Å². The first kappa shape index (κ1) is 60.4. The van der Waals surface area contributed by atoms with E-state index in [9.17, 15) is 40.0 Å². The topological polar surface area (TPSA) is 293 Å². The second-order valence-corrected chi connectivity index (χ2v) is 22.9. The Balaban J connectivity index is 0.000000187. The van der Waals surface area contributed by atoms with Crippen molar-refractivity contribution in [3.63, 3.8) is 0 Å². The van der Waals surface area contributed by atoms with Gasteiger partial charge in [0.2, 0.25) is 22.8 Å².